The van der Waals surface area contributed by atoms with E-state index in [1.54, 1.807) is 17.0 Å². The summed E-state index contributed by atoms with van der Waals surface area (Å²) in [6, 6.07) is 7.90. The Hall–Kier alpha value is -3.24. The molecule has 2 aliphatic rings. The second-order valence-corrected chi connectivity index (χ2v) is 10.6. The zero-order valence-electron chi connectivity index (χ0n) is 21.9. The number of hydrogen-bond acceptors (Lipinski definition) is 2. The second kappa shape index (κ2) is 10.7. The monoisotopic (exact) mass is 555 g/mol. The molecule has 0 radical (unpaired) electrons. The van der Waals surface area contributed by atoms with Crippen molar-refractivity contribution in [3.63, 3.8) is 0 Å². The molecule has 2 aromatic rings. The van der Waals surface area contributed by atoms with Crippen molar-refractivity contribution < 1.29 is 35.9 Å². The van der Waals surface area contributed by atoms with Gasteiger partial charge in [0.15, 0.2) is 0 Å². The fourth-order valence-electron chi connectivity index (χ4n) is 5.55. The number of halogens is 6. The Morgan fingerprint density at radius 1 is 0.974 bits per heavy atom. The predicted molar refractivity (Wildman–Crippen MR) is 134 cm³/mol. The van der Waals surface area contributed by atoms with Gasteiger partial charge in [0, 0.05) is 57.5 Å². The molecule has 39 heavy (non-hydrogen) atoms. The van der Waals surface area contributed by atoms with E-state index in [0.29, 0.717) is 11.1 Å². The first-order valence-corrected chi connectivity index (χ1v) is 12.8. The largest absolute Gasteiger partial charge is 0.416 e. The molecule has 1 heterocycles. The summed E-state index contributed by atoms with van der Waals surface area (Å²) in [7, 11) is 2.89. The minimum atomic E-state index is -4.58. The highest BCUT2D eigenvalue weighted by molar-refractivity contribution is 5.92. The summed E-state index contributed by atoms with van der Waals surface area (Å²) in [4.78, 5) is 30.9. The average Bonchev–Trinajstić information content (AvgIpc) is 3.32. The Labute approximate surface area is 223 Å². The van der Waals surface area contributed by atoms with Crippen LogP contribution in [0.3, 0.4) is 0 Å². The smallest absolute Gasteiger partial charge is 0.340 e. The van der Waals surface area contributed by atoms with E-state index in [1.165, 1.54) is 44.1 Å². The second-order valence-electron chi connectivity index (χ2n) is 10.6. The molecule has 0 bridgehead atoms. The molecule has 1 saturated heterocycles. The van der Waals surface area contributed by atoms with Crippen LogP contribution in [-0.2, 0) is 11.0 Å². The number of carbonyl (C=O) groups excluding carboxylic acids is 2. The molecule has 5 nitrogen and oxygen atoms in total. The zero-order valence-corrected chi connectivity index (χ0v) is 21.9. The van der Waals surface area contributed by atoms with Crippen LogP contribution < -0.4 is 4.90 Å². The molecule has 0 spiro atoms. The molecular formula is C28H31F6N3O2. The maximum atomic E-state index is 13.7. The van der Waals surface area contributed by atoms with Crippen LogP contribution >= 0.6 is 0 Å². The molecule has 2 unspecified atom stereocenters. The van der Waals surface area contributed by atoms with Crippen LogP contribution in [0.15, 0.2) is 42.5 Å². The molecule has 4 rings (SSSR count). The maximum Gasteiger partial charge on any atom is 0.416 e. The van der Waals surface area contributed by atoms with Gasteiger partial charge in [0.25, 0.3) is 0 Å². The third-order valence-corrected chi connectivity index (χ3v) is 7.83. The average molecular weight is 556 g/mol. The van der Waals surface area contributed by atoms with Gasteiger partial charge in [-0.15, -0.1) is 0 Å². The molecule has 2 atom stereocenters. The molecule has 2 fully saturated rings. The molecule has 11 heteroatoms. The third kappa shape index (κ3) is 6.33. The van der Waals surface area contributed by atoms with E-state index in [1.807, 2.05) is 0 Å². The summed E-state index contributed by atoms with van der Waals surface area (Å²) >= 11 is 0. The molecule has 0 aromatic heterocycles. The number of rotatable bonds is 4. The molecular weight excluding hydrogens is 524 g/mol. The summed E-state index contributed by atoms with van der Waals surface area (Å²) in [5.41, 5.74) is 0.206. The summed E-state index contributed by atoms with van der Waals surface area (Å²) < 4.78 is 81.1. The fraction of sp³-hybridized carbons (Fsp3) is 0.500. The van der Waals surface area contributed by atoms with Gasteiger partial charge >= 0.3 is 12.2 Å². The number of likely N-dealkylation sites (tertiary alicyclic amines) is 1. The lowest BCUT2D eigenvalue weighted by molar-refractivity contribution is -0.139. The Kier molecular flexibility index (Phi) is 7.91. The summed E-state index contributed by atoms with van der Waals surface area (Å²) in [6.07, 6.45) is -5.16. The molecule has 3 amide bonds. The van der Waals surface area contributed by atoms with Crippen molar-refractivity contribution in [1.82, 2.24) is 9.80 Å². The Bertz CT molecular complexity index is 1210. The van der Waals surface area contributed by atoms with E-state index in [-0.39, 0.29) is 50.4 Å². The van der Waals surface area contributed by atoms with Crippen LogP contribution in [0, 0.1) is 18.7 Å². The first-order valence-electron chi connectivity index (χ1n) is 12.8. The first-order chi connectivity index (χ1) is 18.2. The highest BCUT2D eigenvalue weighted by Gasteiger charge is 2.44. The molecule has 1 saturated carbocycles. The summed E-state index contributed by atoms with van der Waals surface area (Å²) in [5.74, 6) is -4.45. The van der Waals surface area contributed by atoms with Crippen LogP contribution in [0.4, 0.5) is 36.8 Å². The van der Waals surface area contributed by atoms with E-state index in [0.717, 1.165) is 17.0 Å². The predicted octanol–water partition coefficient (Wildman–Crippen LogP) is 6.46. The lowest BCUT2D eigenvalue weighted by Gasteiger charge is -2.33. The molecule has 2 aromatic carbocycles. The van der Waals surface area contributed by atoms with Gasteiger partial charge in [-0.3, -0.25) is 9.69 Å². The number of likely N-dealkylation sites (N-methyl/N-ethyl adjacent to an activating group) is 1. The number of urea groups is 1. The standard InChI is InChI=1S/C28H31F6N3O2/c1-17-12-20(28(32,33)34)14-22(13-17)35(2)26(39)36(3)24-16-37(15-23(24)18-4-6-21(29)7-5-18)25(38)19-8-10-27(30,31)11-9-19/h4-7,12-14,19,23-24H,8-11,15-16H2,1-3H3. The summed E-state index contributed by atoms with van der Waals surface area (Å²) in [6.45, 7) is 1.82. The van der Waals surface area contributed by atoms with E-state index in [2.05, 4.69) is 0 Å². The maximum absolute atomic E-state index is 13.7. The Balaban J connectivity index is 1.58. The van der Waals surface area contributed by atoms with Gasteiger partial charge in [-0.05, 0) is 61.2 Å². The lowest BCUT2D eigenvalue weighted by atomic mass is 9.86. The minimum Gasteiger partial charge on any atom is -0.340 e. The van der Waals surface area contributed by atoms with Crippen LogP contribution in [-0.4, -0.2) is 60.9 Å². The van der Waals surface area contributed by atoms with Crippen molar-refractivity contribution in [2.45, 2.75) is 56.7 Å². The van der Waals surface area contributed by atoms with Gasteiger partial charge < -0.3 is 9.80 Å². The molecule has 212 valence electrons. The van der Waals surface area contributed by atoms with Gasteiger partial charge in [-0.2, -0.15) is 13.2 Å². The van der Waals surface area contributed by atoms with Crippen molar-refractivity contribution in [2.75, 3.05) is 32.1 Å². The van der Waals surface area contributed by atoms with Crippen molar-refractivity contribution in [3.05, 3.63) is 65.0 Å². The zero-order chi connectivity index (χ0) is 28.7. The van der Waals surface area contributed by atoms with Gasteiger partial charge in [0.05, 0.1) is 11.6 Å². The number of benzene rings is 2. The van der Waals surface area contributed by atoms with Crippen molar-refractivity contribution in [3.8, 4) is 0 Å². The van der Waals surface area contributed by atoms with E-state index in [9.17, 15) is 35.9 Å². The van der Waals surface area contributed by atoms with Crippen LogP contribution in [0.1, 0.15) is 48.3 Å². The molecule has 1 aliphatic heterocycles. The number of carbonyl (C=O) groups is 2. The van der Waals surface area contributed by atoms with E-state index < -0.39 is 47.4 Å². The van der Waals surface area contributed by atoms with Gasteiger partial charge in [0.1, 0.15) is 5.82 Å². The first kappa shape index (κ1) is 28.8. The van der Waals surface area contributed by atoms with Gasteiger partial charge in [0.2, 0.25) is 11.8 Å². The fourth-order valence-corrected chi connectivity index (χ4v) is 5.55. The number of aryl methyl sites for hydroxylation is 1. The van der Waals surface area contributed by atoms with Crippen molar-refractivity contribution >= 4 is 17.6 Å². The van der Waals surface area contributed by atoms with E-state index in [4.69, 9.17) is 0 Å². The summed E-state index contributed by atoms with van der Waals surface area (Å²) in [5, 5.41) is 0. The normalized spacial score (nSPS) is 21.6. The number of nitrogens with zero attached hydrogens (tertiary/aromatic N) is 3. The quantitative estimate of drug-likeness (QED) is 0.407. The number of alkyl halides is 5. The van der Waals surface area contributed by atoms with Crippen molar-refractivity contribution in [1.29, 1.82) is 0 Å². The number of hydrogen-bond donors (Lipinski definition) is 0. The van der Waals surface area contributed by atoms with Crippen LogP contribution in [0.5, 0.6) is 0 Å². The highest BCUT2D eigenvalue weighted by atomic mass is 19.4. The van der Waals surface area contributed by atoms with Gasteiger partial charge in [-0.1, -0.05) is 12.1 Å². The van der Waals surface area contributed by atoms with Gasteiger partial charge in [-0.25, -0.2) is 18.0 Å². The Morgan fingerprint density at radius 2 is 1.59 bits per heavy atom. The van der Waals surface area contributed by atoms with Crippen molar-refractivity contribution in [2.24, 2.45) is 5.92 Å². The highest BCUT2D eigenvalue weighted by Crippen LogP contribution is 2.39. The number of amides is 3. The topological polar surface area (TPSA) is 43.9 Å². The molecule has 0 N–H and O–H groups in total. The molecule has 1 aliphatic carbocycles. The third-order valence-electron chi connectivity index (χ3n) is 7.83. The minimum absolute atomic E-state index is 0.0616. The van der Waals surface area contributed by atoms with Crippen LogP contribution in [0.2, 0.25) is 0 Å². The Morgan fingerprint density at radius 3 is 2.18 bits per heavy atom. The van der Waals surface area contributed by atoms with Crippen LogP contribution in [0.25, 0.3) is 0 Å². The number of anilines is 1. The SMILES string of the molecule is Cc1cc(N(C)C(=O)N(C)C2CN(C(=O)C3CCC(F)(F)CC3)CC2c2ccc(F)cc2)cc(C(F)(F)F)c1. The lowest BCUT2D eigenvalue weighted by Crippen LogP contribution is -2.48. The van der Waals surface area contributed by atoms with E-state index >= 15 is 0 Å².